The van der Waals surface area contributed by atoms with Gasteiger partial charge in [0.05, 0.1) is 12.8 Å². The molecular formula is C27H31N3O. The zero-order valence-corrected chi connectivity index (χ0v) is 18.8. The first-order chi connectivity index (χ1) is 15.2. The van der Waals surface area contributed by atoms with Crippen LogP contribution in [-0.4, -0.2) is 21.6 Å². The molecule has 4 heteroatoms. The third kappa shape index (κ3) is 4.70. The van der Waals surface area contributed by atoms with Gasteiger partial charge < -0.3 is 4.74 Å². The predicted octanol–water partition coefficient (Wildman–Crippen LogP) is 6.67. The summed E-state index contributed by atoms with van der Waals surface area (Å²) >= 11 is 0. The fourth-order valence-corrected chi connectivity index (χ4v) is 4.17. The highest BCUT2D eigenvalue weighted by Gasteiger charge is 2.10. The first kappa shape index (κ1) is 21.3. The van der Waals surface area contributed by atoms with Crippen LogP contribution in [0.4, 0.5) is 0 Å². The van der Waals surface area contributed by atoms with E-state index in [2.05, 4.69) is 78.8 Å². The summed E-state index contributed by atoms with van der Waals surface area (Å²) in [7, 11) is 1.87. The minimum atomic E-state index is 0.534. The molecule has 0 fully saturated rings. The van der Waals surface area contributed by atoms with Crippen LogP contribution in [-0.2, 0) is 24.8 Å². The Bertz CT molecular complexity index is 1240. The summed E-state index contributed by atoms with van der Waals surface area (Å²) in [6.45, 7) is 5.54. The summed E-state index contributed by atoms with van der Waals surface area (Å²) in [4.78, 5) is 0. The SMILES string of the molecule is CCC.Cn1cc(COCCCCc2ccc3ccc4cccc5ccc2c3c45)nn1. The van der Waals surface area contributed by atoms with Crippen molar-refractivity contribution in [3.05, 3.63) is 72.1 Å². The Morgan fingerprint density at radius 2 is 1.52 bits per heavy atom. The van der Waals surface area contributed by atoms with E-state index in [1.807, 2.05) is 13.2 Å². The second kappa shape index (κ2) is 9.88. The van der Waals surface area contributed by atoms with E-state index in [1.54, 1.807) is 4.68 Å². The fourth-order valence-electron chi connectivity index (χ4n) is 4.17. The minimum Gasteiger partial charge on any atom is -0.375 e. The van der Waals surface area contributed by atoms with Crippen LogP contribution in [0.2, 0.25) is 0 Å². The topological polar surface area (TPSA) is 39.9 Å². The molecule has 0 bridgehead atoms. The zero-order valence-electron chi connectivity index (χ0n) is 18.8. The molecule has 5 rings (SSSR count). The number of aryl methyl sites for hydroxylation is 2. The summed E-state index contributed by atoms with van der Waals surface area (Å²) < 4.78 is 7.44. The number of nitrogens with zero attached hydrogens (tertiary/aromatic N) is 3. The Labute approximate surface area is 184 Å². The van der Waals surface area contributed by atoms with Gasteiger partial charge >= 0.3 is 0 Å². The van der Waals surface area contributed by atoms with E-state index in [4.69, 9.17) is 4.74 Å². The monoisotopic (exact) mass is 413 g/mol. The van der Waals surface area contributed by atoms with Crippen molar-refractivity contribution in [3.63, 3.8) is 0 Å². The van der Waals surface area contributed by atoms with E-state index >= 15 is 0 Å². The molecule has 1 heterocycles. The van der Waals surface area contributed by atoms with Crippen LogP contribution in [0.15, 0.2) is 60.8 Å². The molecule has 0 aliphatic heterocycles. The lowest BCUT2D eigenvalue weighted by atomic mass is 9.91. The lowest BCUT2D eigenvalue weighted by Gasteiger charge is -2.14. The molecule has 0 spiro atoms. The number of ether oxygens (including phenoxy) is 1. The largest absolute Gasteiger partial charge is 0.375 e. The van der Waals surface area contributed by atoms with Crippen molar-refractivity contribution in [2.75, 3.05) is 6.61 Å². The van der Waals surface area contributed by atoms with Crippen molar-refractivity contribution in [2.24, 2.45) is 7.05 Å². The lowest BCUT2D eigenvalue weighted by Crippen LogP contribution is -1.97. The number of hydrogen-bond donors (Lipinski definition) is 0. The molecule has 5 aromatic rings. The van der Waals surface area contributed by atoms with Gasteiger partial charge in [-0.1, -0.05) is 80.1 Å². The highest BCUT2D eigenvalue weighted by atomic mass is 16.5. The number of benzene rings is 4. The molecule has 1 aromatic heterocycles. The Morgan fingerprint density at radius 3 is 2.23 bits per heavy atom. The summed E-state index contributed by atoms with van der Waals surface area (Å²) in [5, 5.41) is 16.1. The van der Waals surface area contributed by atoms with Crippen molar-refractivity contribution in [2.45, 2.75) is 46.1 Å². The maximum Gasteiger partial charge on any atom is 0.108 e. The molecule has 0 saturated heterocycles. The molecule has 0 unspecified atom stereocenters. The van der Waals surface area contributed by atoms with Crippen LogP contribution < -0.4 is 0 Å². The van der Waals surface area contributed by atoms with E-state index in [0.29, 0.717) is 6.61 Å². The van der Waals surface area contributed by atoms with Crippen molar-refractivity contribution in [3.8, 4) is 0 Å². The molecular weight excluding hydrogens is 382 g/mol. The van der Waals surface area contributed by atoms with Crippen LogP contribution in [0.25, 0.3) is 32.3 Å². The van der Waals surface area contributed by atoms with Crippen LogP contribution in [0.1, 0.15) is 44.4 Å². The van der Waals surface area contributed by atoms with Crippen molar-refractivity contribution < 1.29 is 4.74 Å². The second-order valence-corrected chi connectivity index (χ2v) is 8.18. The van der Waals surface area contributed by atoms with Crippen LogP contribution in [0, 0.1) is 0 Å². The average molecular weight is 414 g/mol. The van der Waals surface area contributed by atoms with E-state index in [-0.39, 0.29) is 0 Å². The van der Waals surface area contributed by atoms with Gasteiger partial charge in [0, 0.05) is 13.7 Å². The van der Waals surface area contributed by atoms with Gasteiger partial charge in [0.25, 0.3) is 0 Å². The molecule has 160 valence electrons. The molecule has 4 aromatic carbocycles. The number of hydrogen-bond acceptors (Lipinski definition) is 3. The molecule has 4 nitrogen and oxygen atoms in total. The zero-order chi connectivity index (χ0) is 21.6. The molecule has 31 heavy (non-hydrogen) atoms. The maximum atomic E-state index is 5.74. The number of rotatable bonds is 7. The highest BCUT2D eigenvalue weighted by Crippen LogP contribution is 2.36. The molecule has 0 saturated carbocycles. The number of unbranched alkanes of at least 4 members (excludes halogenated alkanes) is 1. The summed E-state index contributed by atoms with van der Waals surface area (Å²) in [5.41, 5.74) is 2.31. The van der Waals surface area contributed by atoms with Crippen molar-refractivity contribution in [1.82, 2.24) is 15.0 Å². The van der Waals surface area contributed by atoms with Crippen LogP contribution >= 0.6 is 0 Å². The van der Waals surface area contributed by atoms with Crippen LogP contribution in [0.5, 0.6) is 0 Å². The highest BCUT2D eigenvalue weighted by molar-refractivity contribution is 6.23. The van der Waals surface area contributed by atoms with E-state index < -0.39 is 0 Å². The van der Waals surface area contributed by atoms with E-state index in [1.165, 1.54) is 44.3 Å². The Kier molecular flexibility index (Phi) is 6.78. The Hall–Kier alpha value is -2.98. The smallest absolute Gasteiger partial charge is 0.108 e. The average Bonchev–Trinajstić information content (AvgIpc) is 3.20. The van der Waals surface area contributed by atoms with Gasteiger partial charge in [-0.3, -0.25) is 4.68 Å². The molecule has 0 aliphatic rings. The normalized spacial score (nSPS) is 11.3. The maximum absolute atomic E-state index is 5.74. The molecule has 0 aliphatic carbocycles. The summed E-state index contributed by atoms with van der Waals surface area (Å²) in [5.74, 6) is 0. The van der Waals surface area contributed by atoms with Crippen molar-refractivity contribution >= 4 is 32.3 Å². The third-order valence-corrected chi connectivity index (χ3v) is 5.50. The fraction of sp³-hybridized carbons (Fsp3) is 0.333. The molecule has 0 atom stereocenters. The van der Waals surface area contributed by atoms with Gasteiger partial charge in [0.15, 0.2) is 0 Å². The minimum absolute atomic E-state index is 0.534. The summed E-state index contributed by atoms with van der Waals surface area (Å²) in [6, 6.07) is 20.2. The van der Waals surface area contributed by atoms with Crippen molar-refractivity contribution in [1.29, 1.82) is 0 Å². The van der Waals surface area contributed by atoms with Gasteiger partial charge in [0.1, 0.15) is 5.69 Å². The lowest BCUT2D eigenvalue weighted by molar-refractivity contribution is 0.114. The second-order valence-electron chi connectivity index (χ2n) is 8.18. The first-order valence-electron chi connectivity index (χ1n) is 11.3. The third-order valence-electron chi connectivity index (χ3n) is 5.50. The molecule has 0 amide bonds. The van der Waals surface area contributed by atoms with E-state index in [9.17, 15) is 0 Å². The quantitative estimate of drug-likeness (QED) is 0.221. The summed E-state index contributed by atoms with van der Waals surface area (Å²) in [6.07, 6.45) is 6.38. The Morgan fingerprint density at radius 1 is 0.839 bits per heavy atom. The molecule has 0 N–H and O–H groups in total. The van der Waals surface area contributed by atoms with Gasteiger partial charge in [0.2, 0.25) is 0 Å². The first-order valence-corrected chi connectivity index (χ1v) is 11.3. The van der Waals surface area contributed by atoms with E-state index in [0.717, 1.165) is 31.6 Å². The van der Waals surface area contributed by atoms with Gasteiger partial charge in [-0.25, -0.2) is 0 Å². The van der Waals surface area contributed by atoms with Crippen LogP contribution in [0.3, 0.4) is 0 Å². The van der Waals surface area contributed by atoms with Gasteiger partial charge in [-0.05, 0) is 57.1 Å². The number of aromatic nitrogens is 3. The predicted molar refractivity (Wildman–Crippen MR) is 130 cm³/mol. The van der Waals surface area contributed by atoms with Gasteiger partial charge in [-0.2, -0.15) is 0 Å². The molecule has 0 radical (unpaired) electrons. The Balaban J connectivity index is 0.000000730. The van der Waals surface area contributed by atoms with Gasteiger partial charge in [-0.15, -0.1) is 5.10 Å². The standard InChI is InChI=1S/C24H23N3O.C3H8/c1-27-15-21(25-26-27)16-28-14-3-2-5-17-8-9-20-11-10-18-6-4-7-19-12-13-22(17)24(20)23(18)19;1-3-2/h4,6-13,15H,2-3,5,14,16H2,1H3;3H2,1-2H3.